The van der Waals surface area contributed by atoms with Crippen molar-refractivity contribution in [2.24, 2.45) is 11.7 Å². The lowest BCUT2D eigenvalue weighted by Gasteiger charge is -2.38. The Kier molecular flexibility index (Phi) is 4.60. The minimum Gasteiger partial charge on any atom is -0.329 e. The SMILES string of the molecule is CC1CCCN(S(=O)(=O)c2ccc([N+](=O)[O-])cc2)C1CN. The van der Waals surface area contributed by atoms with Crippen molar-refractivity contribution in [2.75, 3.05) is 13.1 Å². The molecule has 2 unspecified atom stereocenters. The second-order valence-electron chi connectivity index (χ2n) is 5.29. The molecular weight excluding hydrogens is 294 g/mol. The van der Waals surface area contributed by atoms with Crippen LogP contribution in [-0.2, 0) is 10.0 Å². The number of nitrogens with two attached hydrogens (primary N) is 1. The number of sulfonamides is 1. The molecule has 8 heteroatoms. The number of nitro groups is 1. The summed E-state index contributed by atoms with van der Waals surface area (Å²) in [4.78, 5) is 10.2. The van der Waals surface area contributed by atoms with Gasteiger partial charge >= 0.3 is 0 Å². The lowest BCUT2D eigenvalue weighted by molar-refractivity contribution is -0.384. The summed E-state index contributed by atoms with van der Waals surface area (Å²) in [6, 6.07) is 4.75. The van der Waals surface area contributed by atoms with Crippen molar-refractivity contribution in [2.45, 2.75) is 30.7 Å². The Hall–Kier alpha value is -1.51. The number of hydrogen-bond acceptors (Lipinski definition) is 5. The first-order valence-electron chi connectivity index (χ1n) is 6.84. The molecule has 0 saturated carbocycles. The van der Waals surface area contributed by atoms with E-state index in [2.05, 4.69) is 0 Å². The Morgan fingerprint density at radius 2 is 2.00 bits per heavy atom. The van der Waals surface area contributed by atoms with Gasteiger partial charge in [0.25, 0.3) is 5.69 Å². The topological polar surface area (TPSA) is 107 Å². The molecule has 1 fully saturated rings. The molecule has 0 bridgehead atoms. The van der Waals surface area contributed by atoms with E-state index in [9.17, 15) is 18.5 Å². The predicted octanol–water partition coefficient (Wildman–Crippen LogP) is 1.34. The van der Waals surface area contributed by atoms with Gasteiger partial charge in [0.15, 0.2) is 0 Å². The summed E-state index contributed by atoms with van der Waals surface area (Å²) in [5.41, 5.74) is 5.60. The van der Waals surface area contributed by atoms with Gasteiger partial charge < -0.3 is 5.73 Å². The van der Waals surface area contributed by atoms with Crippen LogP contribution in [0.4, 0.5) is 5.69 Å². The summed E-state index contributed by atoms with van der Waals surface area (Å²) in [7, 11) is -3.67. The fraction of sp³-hybridized carbons (Fsp3) is 0.538. The minimum atomic E-state index is -3.67. The second-order valence-corrected chi connectivity index (χ2v) is 7.18. The van der Waals surface area contributed by atoms with Gasteiger partial charge in [0.05, 0.1) is 9.82 Å². The van der Waals surface area contributed by atoms with Crippen molar-refractivity contribution in [3.8, 4) is 0 Å². The zero-order chi connectivity index (χ0) is 15.6. The van der Waals surface area contributed by atoms with Crippen LogP contribution in [0.3, 0.4) is 0 Å². The highest BCUT2D eigenvalue weighted by atomic mass is 32.2. The van der Waals surface area contributed by atoms with Crippen LogP contribution in [-0.4, -0.2) is 36.8 Å². The van der Waals surface area contributed by atoms with Crippen molar-refractivity contribution >= 4 is 15.7 Å². The Morgan fingerprint density at radius 1 is 1.38 bits per heavy atom. The Labute approximate surface area is 123 Å². The molecule has 2 rings (SSSR count). The molecule has 1 aromatic rings. The van der Waals surface area contributed by atoms with Crippen LogP contribution in [0, 0.1) is 16.0 Å². The highest BCUT2D eigenvalue weighted by Crippen LogP contribution is 2.29. The van der Waals surface area contributed by atoms with Crippen LogP contribution in [0.5, 0.6) is 0 Å². The van der Waals surface area contributed by atoms with E-state index in [0.717, 1.165) is 12.8 Å². The Bertz CT molecular complexity index is 615. The lowest BCUT2D eigenvalue weighted by Crippen LogP contribution is -2.51. The average Bonchev–Trinajstić information content (AvgIpc) is 2.47. The number of hydrogen-bond donors (Lipinski definition) is 1. The van der Waals surface area contributed by atoms with Crippen LogP contribution < -0.4 is 5.73 Å². The fourth-order valence-electron chi connectivity index (χ4n) is 2.73. The van der Waals surface area contributed by atoms with Crippen molar-refractivity contribution in [1.29, 1.82) is 0 Å². The van der Waals surface area contributed by atoms with Crippen LogP contribution >= 0.6 is 0 Å². The molecule has 2 N–H and O–H groups in total. The maximum absolute atomic E-state index is 12.7. The van der Waals surface area contributed by atoms with Gasteiger partial charge in [-0.25, -0.2) is 8.42 Å². The molecule has 1 aromatic carbocycles. The summed E-state index contributed by atoms with van der Waals surface area (Å²) in [6.45, 7) is 2.70. The van der Waals surface area contributed by atoms with Gasteiger partial charge in [-0.2, -0.15) is 4.31 Å². The van der Waals surface area contributed by atoms with E-state index in [1.54, 1.807) is 0 Å². The van der Waals surface area contributed by atoms with E-state index in [0.29, 0.717) is 6.54 Å². The summed E-state index contributed by atoms with van der Waals surface area (Å²) >= 11 is 0. The van der Waals surface area contributed by atoms with Gasteiger partial charge in [0.2, 0.25) is 10.0 Å². The largest absolute Gasteiger partial charge is 0.329 e. The van der Waals surface area contributed by atoms with E-state index in [-0.39, 0.29) is 29.1 Å². The van der Waals surface area contributed by atoms with Gasteiger partial charge in [-0.3, -0.25) is 10.1 Å². The molecule has 7 nitrogen and oxygen atoms in total. The molecule has 1 aliphatic heterocycles. The maximum atomic E-state index is 12.7. The molecule has 116 valence electrons. The van der Waals surface area contributed by atoms with Gasteiger partial charge in [0, 0.05) is 31.3 Å². The van der Waals surface area contributed by atoms with Gasteiger partial charge in [-0.15, -0.1) is 0 Å². The fourth-order valence-corrected chi connectivity index (χ4v) is 4.51. The standard InChI is InChI=1S/C13H19N3O4S/c1-10-3-2-8-15(13(10)9-14)21(19,20)12-6-4-11(5-7-12)16(17)18/h4-7,10,13H,2-3,8-9,14H2,1H3. The van der Waals surface area contributed by atoms with Crippen molar-refractivity contribution in [3.05, 3.63) is 34.4 Å². The summed E-state index contributed by atoms with van der Waals surface area (Å²) in [6.07, 6.45) is 1.75. The first-order chi connectivity index (χ1) is 9.87. The lowest BCUT2D eigenvalue weighted by atomic mass is 9.93. The number of nitro benzene ring substituents is 1. The maximum Gasteiger partial charge on any atom is 0.269 e. The molecule has 1 saturated heterocycles. The summed E-state index contributed by atoms with van der Waals surface area (Å²) < 4.78 is 26.8. The van der Waals surface area contributed by atoms with E-state index >= 15 is 0 Å². The molecule has 1 heterocycles. The molecule has 2 atom stereocenters. The van der Waals surface area contributed by atoms with E-state index < -0.39 is 14.9 Å². The van der Waals surface area contributed by atoms with E-state index in [1.807, 2.05) is 6.92 Å². The normalized spacial score (nSPS) is 23.9. The van der Waals surface area contributed by atoms with E-state index in [1.165, 1.54) is 28.6 Å². The third kappa shape index (κ3) is 3.07. The van der Waals surface area contributed by atoms with E-state index in [4.69, 9.17) is 5.73 Å². The third-order valence-electron chi connectivity index (χ3n) is 3.96. The Morgan fingerprint density at radius 3 is 2.52 bits per heavy atom. The number of nitrogens with zero attached hydrogens (tertiary/aromatic N) is 2. The third-order valence-corrected chi connectivity index (χ3v) is 5.90. The van der Waals surface area contributed by atoms with Gasteiger partial charge in [0.1, 0.15) is 0 Å². The summed E-state index contributed by atoms with van der Waals surface area (Å²) in [5.74, 6) is 0.205. The molecule has 0 aliphatic carbocycles. The quantitative estimate of drug-likeness (QED) is 0.667. The van der Waals surface area contributed by atoms with Crippen LogP contribution in [0.2, 0.25) is 0 Å². The molecule has 0 spiro atoms. The molecule has 1 aliphatic rings. The molecule has 0 radical (unpaired) electrons. The average molecular weight is 313 g/mol. The zero-order valence-electron chi connectivity index (χ0n) is 11.8. The van der Waals surface area contributed by atoms with Gasteiger partial charge in [-0.05, 0) is 30.9 Å². The summed E-state index contributed by atoms with van der Waals surface area (Å²) in [5, 5.41) is 10.6. The predicted molar refractivity (Wildman–Crippen MR) is 78.2 cm³/mol. The molecule has 21 heavy (non-hydrogen) atoms. The first kappa shape index (κ1) is 15.9. The zero-order valence-corrected chi connectivity index (χ0v) is 12.6. The number of benzene rings is 1. The van der Waals surface area contributed by atoms with Crippen molar-refractivity contribution < 1.29 is 13.3 Å². The molecular formula is C13H19N3O4S. The number of rotatable bonds is 4. The van der Waals surface area contributed by atoms with Crippen LogP contribution in [0.1, 0.15) is 19.8 Å². The van der Waals surface area contributed by atoms with Gasteiger partial charge in [-0.1, -0.05) is 6.92 Å². The number of non-ortho nitro benzene ring substituents is 1. The van der Waals surface area contributed by atoms with Crippen molar-refractivity contribution in [3.63, 3.8) is 0 Å². The molecule has 0 amide bonds. The van der Waals surface area contributed by atoms with Crippen molar-refractivity contribution in [1.82, 2.24) is 4.31 Å². The smallest absolute Gasteiger partial charge is 0.269 e. The molecule has 0 aromatic heterocycles. The van der Waals surface area contributed by atoms with Crippen LogP contribution in [0.15, 0.2) is 29.2 Å². The van der Waals surface area contributed by atoms with Crippen LogP contribution in [0.25, 0.3) is 0 Å². The highest BCUT2D eigenvalue weighted by Gasteiger charge is 2.36. The number of piperidine rings is 1. The second kappa shape index (κ2) is 6.08. The first-order valence-corrected chi connectivity index (χ1v) is 8.28. The Balaban J connectivity index is 2.34. The highest BCUT2D eigenvalue weighted by molar-refractivity contribution is 7.89. The monoisotopic (exact) mass is 313 g/mol. The minimum absolute atomic E-state index is 0.0700.